The van der Waals surface area contributed by atoms with Gasteiger partial charge in [0.15, 0.2) is 5.43 Å². The molecule has 0 unspecified atom stereocenters. The molecule has 0 fully saturated rings. The van der Waals surface area contributed by atoms with Gasteiger partial charge in [-0.25, -0.2) is 0 Å². The lowest BCUT2D eigenvalue weighted by molar-refractivity contribution is 0.820. The molecule has 7 heteroatoms. The molecule has 0 spiro atoms. The van der Waals surface area contributed by atoms with E-state index < -0.39 is 0 Å². The Balaban J connectivity index is 1.51. The van der Waals surface area contributed by atoms with Crippen LogP contribution in [0.25, 0.3) is 33.4 Å². The number of nitrogens with one attached hydrogen (secondary N) is 1. The summed E-state index contributed by atoms with van der Waals surface area (Å²) < 4.78 is 2.14. The zero-order valence-electron chi connectivity index (χ0n) is 18.6. The predicted octanol–water partition coefficient (Wildman–Crippen LogP) is 4.42. The lowest BCUT2D eigenvalue weighted by atomic mass is 9.98. The second kappa shape index (κ2) is 8.78. The van der Waals surface area contributed by atoms with Crippen LogP contribution in [0.15, 0.2) is 71.7 Å². The SMILES string of the molecule is CCc1cc2c(c(CC)n1)c(=O)ccn2Cc1ccc(-c2ccccc2-c2nn[nH]n2)cc1. The van der Waals surface area contributed by atoms with Gasteiger partial charge in [0.05, 0.1) is 16.6 Å². The van der Waals surface area contributed by atoms with Crippen LogP contribution in [0.2, 0.25) is 0 Å². The Kier molecular flexibility index (Phi) is 5.52. The van der Waals surface area contributed by atoms with Gasteiger partial charge in [-0.2, -0.15) is 5.21 Å². The molecule has 0 saturated carbocycles. The van der Waals surface area contributed by atoms with E-state index in [2.05, 4.69) is 62.4 Å². The second-order valence-electron chi connectivity index (χ2n) is 7.95. The first-order chi connectivity index (χ1) is 16.2. The van der Waals surface area contributed by atoms with Crippen LogP contribution in [0, 0.1) is 0 Å². The first-order valence-corrected chi connectivity index (χ1v) is 11.1. The Morgan fingerprint density at radius 1 is 0.939 bits per heavy atom. The van der Waals surface area contributed by atoms with Crippen molar-refractivity contribution in [3.05, 3.63) is 94.0 Å². The van der Waals surface area contributed by atoms with Gasteiger partial charge in [0, 0.05) is 30.1 Å². The molecule has 5 aromatic rings. The summed E-state index contributed by atoms with van der Waals surface area (Å²) in [6.07, 6.45) is 3.45. The summed E-state index contributed by atoms with van der Waals surface area (Å²) >= 11 is 0. The van der Waals surface area contributed by atoms with Crippen molar-refractivity contribution in [2.45, 2.75) is 33.2 Å². The summed E-state index contributed by atoms with van der Waals surface area (Å²) in [6, 6.07) is 20.2. The molecule has 0 amide bonds. The minimum Gasteiger partial charge on any atom is -0.343 e. The lowest BCUT2D eigenvalue weighted by Gasteiger charge is -2.14. The highest BCUT2D eigenvalue weighted by atomic mass is 16.1. The van der Waals surface area contributed by atoms with Gasteiger partial charge in [-0.1, -0.05) is 62.4 Å². The molecule has 5 rings (SSSR count). The Hall–Kier alpha value is -4.13. The first kappa shape index (κ1) is 20.8. The van der Waals surface area contributed by atoms with E-state index in [1.807, 2.05) is 37.4 Å². The fourth-order valence-corrected chi connectivity index (χ4v) is 4.22. The third-order valence-electron chi connectivity index (χ3n) is 5.92. The fraction of sp³-hybridized carbons (Fsp3) is 0.192. The number of benzene rings is 2. The van der Waals surface area contributed by atoms with Gasteiger partial charge in [0.25, 0.3) is 0 Å². The molecule has 0 aliphatic carbocycles. The zero-order chi connectivity index (χ0) is 22.8. The molecular weight excluding hydrogens is 412 g/mol. The predicted molar refractivity (Wildman–Crippen MR) is 129 cm³/mol. The molecule has 0 aliphatic rings. The number of rotatable bonds is 6. The summed E-state index contributed by atoms with van der Waals surface area (Å²) in [4.78, 5) is 17.3. The van der Waals surface area contributed by atoms with Gasteiger partial charge >= 0.3 is 0 Å². The number of hydrogen-bond acceptors (Lipinski definition) is 5. The summed E-state index contributed by atoms with van der Waals surface area (Å²) in [5.74, 6) is 0.571. The fourth-order valence-electron chi connectivity index (χ4n) is 4.22. The van der Waals surface area contributed by atoms with E-state index in [0.29, 0.717) is 12.4 Å². The number of aromatic amines is 1. The first-order valence-electron chi connectivity index (χ1n) is 11.1. The minimum absolute atomic E-state index is 0.0293. The number of nitrogens with zero attached hydrogens (tertiary/aromatic N) is 5. The number of pyridine rings is 2. The Morgan fingerprint density at radius 3 is 2.42 bits per heavy atom. The topological polar surface area (TPSA) is 89.4 Å². The van der Waals surface area contributed by atoms with E-state index in [0.717, 1.165) is 57.4 Å². The quantitative estimate of drug-likeness (QED) is 0.426. The van der Waals surface area contributed by atoms with E-state index >= 15 is 0 Å². The van der Waals surface area contributed by atoms with Crippen LogP contribution >= 0.6 is 0 Å². The molecule has 0 aliphatic heterocycles. The third kappa shape index (κ3) is 3.93. The van der Waals surface area contributed by atoms with Crippen LogP contribution < -0.4 is 5.43 Å². The maximum absolute atomic E-state index is 12.6. The van der Waals surface area contributed by atoms with Crippen molar-refractivity contribution in [3.8, 4) is 22.5 Å². The summed E-state index contributed by atoms with van der Waals surface area (Å²) in [5.41, 5.74) is 7.05. The lowest BCUT2D eigenvalue weighted by Crippen LogP contribution is -2.13. The second-order valence-corrected chi connectivity index (χ2v) is 7.95. The maximum atomic E-state index is 12.6. The van der Waals surface area contributed by atoms with Gasteiger partial charge in [-0.05, 0) is 40.8 Å². The van der Waals surface area contributed by atoms with Crippen LogP contribution in [-0.4, -0.2) is 30.2 Å². The van der Waals surface area contributed by atoms with Crippen LogP contribution in [0.3, 0.4) is 0 Å². The maximum Gasteiger partial charge on any atom is 0.205 e. The van der Waals surface area contributed by atoms with Crippen molar-refractivity contribution in [2.24, 2.45) is 0 Å². The number of H-pyrrole nitrogens is 1. The van der Waals surface area contributed by atoms with Crippen molar-refractivity contribution < 1.29 is 0 Å². The van der Waals surface area contributed by atoms with Crippen molar-refractivity contribution in [1.29, 1.82) is 0 Å². The van der Waals surface area contributed by atoms with E-state index in [1.165, 1.54) is 0 Å². The van der Waals surface area contributed by atoms with Crippen LogP contribution in [0.5, 0.6) is 0 Å². The normalized spacial score (nSPS) is 11.2. The van der Waals surface area contributed by atoms with Gasteiger partial charge < -0.3 is 4.57 Å². The van der Waals surface area contributed by atoms with E-state index in [-0.39, 0.29) is 5.43 Å². The summed E-state index contributed by atoms with van der Waals surface area (Å²) in [7, 11) is 0. The smallest absolute Gasteiger partial charge is 0.205 e. The van der Waals surface area contributed by atoms with E-state index in [1.54, 1.807) is 6.07 Å². The highest BCUT2D eigenvalue weighted by Gasteiger charge is 2.12. The highest BCUT2D eigenvalue weighted by molar-refractivity contribution is 5.82. The van der Waals surface area contributed by atoms with Gasteiger partial charge in [0.1, 0.15) is 0 Å². The zero-order valence-corrected chi connectivity index (χ0v) is 18.6. The van der Waals surface area contributed by atoms with E-state index in [9.17, 15) is 4.79 Å². The standard InChI is InChI=1S/C26H24N6O/c1-3-19-15-23-25(22(4-2)27-19)24(33)13-14-32(23)16-17-9-11-18(12-10-17)20-7-5-6-8-21(20)26-28-30-31-29-26/h5-15H,3-4,16H2,1-2H3,(H,28,29,30,31). The molecule has 164 valence electrons. The number of fused-ring (bicyclic) bond motifs is 1. The minimum atomic E-state index is 0.0293. The number of aromatic nitrogens is 6. The molecule has 3 aromatic heterocycles. The van der Waals surface area contributed by atoms with Crippen molar-refractivity contribution in [2.75, 3.05) is 0 Å². The van der Waals surface area contributed by atoms with Crippen molar-refractivity contribution in [3.63, 3.8) is 0 Å². The number of tetrazole rings is 1. The Morgan fingerprint density at radius 2 is 1.73 bits per heavy atom. The number of hydrogen-bond donors (Lipinski definition) is 1. The van der Waals surface area contributed by atoms with Crippen molar-refractivity contribution >= 4 is 10.9 Å². The Bertz CT molecular complexity index is 1470. The van der Waals surface area contributed by atoms with Gasteiger partial charge in [0.2, 0.25) is 5.82 Å². The van der Waals surface area contributed by atoms with E-state index in [4.69, 9.17) is 4.98 Å². The average molecular weight is 437 g/mol. The van der Waals surface area contributed by atoms with Crippen LogP contribution in [0.1, 0.15) is 30.8 Å². The molecule has 3 heterocycles. The van der Waals surface area contributed by atoms with Crippen molar-refractivity contribution in [1.82, 2.24) is 30.2 Å². The molecule has 0 bridgehead atoms. The molecule has 33 heavy (non-hydrogen) atoms. The van der Waals surface area contributed by atoms with Gasteiger partial charge in [-0.3, -0.25) is 9.78 Å². The molecule has 1 N–H and O–H groups in total. The molecule has 0 saturated heterocycles. The number of aryl methyl sites for hydroxylation is 2. The van der Waals surface area contributed by atoms with Crippen LogP contribution in [0.4, 0.5) is 0 Å². The largest absolute Gasteiger partial charge is 0.343 e. The molecule has 2 aromatic carbocycles. The Labute approximate surface area is 191 Å². The summed E-state index contributed by atoms with van der Waals surface area (Å²) in [5, 5.41) is 15.2. The molecule has 0 radical (unpaired) electrons. The monoisotopic (exact) mass is 436 g/mol. The van der Waals surface area contributed by atoms with Gasteiger partial charge in [-0.15, -0.1) is 10.2 Å². The highest BCUT2D eigenvalue weighted by Crippen LogP contribution is 2.30. The molecule has 0 atom stereocenters. The summed E-state index contributed by atoms with van der Waals surface area (Å²) in [6.45, 7) is 4.80. The molecular formula is C26H24N6O. The third-order valence-corrected chi connectivity index (χ3v) is 5.92. The molecule has 7 nitrogen and oxygen atoms in total. The average Bonchev–Trinajstić information content (AvgIpc) is 3.40. The van der Waals surface area contributed by atoms with Crippen LogP contribution in [-0.2, 0) is 19.4 Å².